The Morgan fingerprint density at radius 2 is 0.802 bits per heavy atom. The second-order valence-electron chi connectivity index (χ2n) is 25.0. The number of hydrogen-bond acceptors (Lipinski definition) is 17. The standard InChI is InChI=1S/C65H102N16O15/c1-33(2)29-48(60(90)76-46(25-17-19-27-66)58(88)72-37(7)54(84)70-36(6)56(86)74-40(10)65(95)96)79-64(94)52(41(11)82)81-62(92)50(31-43-32-69-45-24-16-15-23-44(43)45)77-57(87)39(9)71-55(85)38(8)73-63(93)51(34(3)4)80-61(91)49(30-42-21-13-12-14-22-42)78-59(89)47(26-18-20-28-67)75-53(83)35(5)68/h12-16,21-24,32-41,46-52,69,82H,17-20,25-31,66-68H2,1-11H3,(H,70,84)(H,71,85)(H,72,88)(H,73,93)(H,74,86)(H,75,83)(H,76,90)(H,77,87)(H,78,89)(H,79,94)(H,80,91)(H,81,92)(H,95,96)/t35-,36-,37-,38-,39-,40-,41+,46-,47-,48-,49-,50-,51-,52-/m0/s1. The lowest BCUT2D eigenvalue weighted by atomic mass is 10.00. The molecule has 0 aliphatic carbocycles. The van der Waals surface area contributed by atoms with Gasteiger partial charge in [0, 0.05) is 29.9 Å². The Bertz CT molecular complexity index is 3120. The number of aromatic nitrogens is 1. The number of nitrogens with one attached hydrogen (secondary N) is 13. The molecule has 0 bridgehead atoms. The number of fused-ring (bicyclic) bond motifs is 1. The predicted molar refractivity (Wildman–Crippen MR) is 357 cm³/mol. The summed E-state index contributed by atoms with van der Waals surface area (Å²) in [5, 5.41) is 51.7. The minimum absolute atomic E-state index is 0.0111. The number of para-hydroxylation sites is 1. The van der Waals surface area contributed by atoms with Crippen molar-refractivity contribution in [2.24, 2.45) is 29.0 Å². The summed E-state index contributed by atoms with van der Waals surface area (Å²) in [7, 11) is 0. The molecular formula is C65H102N16O15. The van der Waals surface area contributed by atoms with Gasteiger partial charge in [-0.2, -0.15) is 0 Å². The molecule has 3 rings (SSSR count). The maximum atomic E-state index is 14.6. The van der Waals surface area contributed by atoms with Crippen molar-refractivity contribution >= 4 is 87.8 Å². The SMILES string of the molecule is CC(C)C[C@H](NC(=O)[C@@H](NC(=O)[C@H](Cc1c[nH]c2ccccc12)NC(=O)[C@H](C)NC(=O)[C@H](C)NC(=O)[C@@H](NC(=O)[C@H](Cc1ccccc1)NC(=O)[C@H](CCCCN)NC(=O)[C@H](C)N)C(C)C)[C@@H](C)O)C(=O)N[C@@H](CCCCN)C(=O)N[C@@H](C)C(=O)N[C@@H](C)C(=O)N[C@@H](C)C(=O)O. The highest BCUT2D eigenvalue weighted by Crippen LogP contribution is 2.20. The van der Waals surface area contributed by atoms with Crippen LogP contribution in [0.25, 0.3) is 10.9 Å². The molecule has 1 heterocycles. The molecule has 1 aromatic heterocycles. The van der Waals surface area contributed by atoms with Crippen LogP contribution in [-0.4, -0.2) is 190 Å². The van der Waals surface area contributed by atoms with Gasteiger partial charge in [0.25, 0.3) is 0 Å². The number of carboxylic acids is 1. The second kappa shape index (κ2) is 40.4. The van der Waals surface area contributed by atoms with Crippen LogP contribution in [0.1, 0.15) is 132 Å². The summed E-state index contributed by atoms with van der Waals surface area (Å²) < 4.78 is 0. The van der Waals surface area contributed by atoms with Crippen LogP contribution in [0.3, 0.4) is 0 Å². The fraction of sp³-hybridized carbons (Fsp3) is 0.585. The third-order valence-electron chi connectivity index (χ3n) is 15.6. The maximum absolute atomic E-state index is 14.6. The lowest BCUT2D eigenvalue weighted by molar-refractivity contribution is -0.141. The maximum Gasteiger partial charge on any atom is 0.325 e. The number of unbranched alkanes of at least 4 members (excludes halogenated alkanes) is 2. The largest absolute Gasteiger partial charge is 0.480 e. The highest BCUT2D eigenvalue weighted by Gasteiger charge is 2.37. The molecule has 532 valence electrons. The zero-order valence-electron chi connectivity index (χ0n) is 56.7. The van der Waals surface area contributed by atoms with Gasteiger partial charge in [0.1, 0.15) is 72.5 Å². The molecule has 96 heavy (non-hydrogen) atoms. The fourth-order valence-corrected chi connectivity index (χ4v) is 9.83. The molecule has 0 spiro atoms. The van der Waals surface area contributed by atoms with Crippen LogP contribution in [0.4, 0.5) is 0 Å². The quantitative estimate of drug-likeness (QED) is 0.0264. The number of carboxylic acid groups (broad SMARTS) is 1. The summed E-state index contributed by atoms with van der Waals surface area (Å²) in [6.07, 6.45) is 1.82. The van der Waals surface area contributed by atoms with E-state index in [1.54, 1.807) is 88.5 Å². The molecule has 0 unspecified atom stereocenters. The van der Waals surface area contributed by atoms with E-state index in [2.05, 4.69) is 68.8 Å². The van der Waals surface area contributed by atoms with Gasteiger partial charge in [-0.25, -0.2) is 0 Å². The first-order valence-corrected chi connectivity index (χ1v) is 32.5. The monoisotopic (exact) mass is 1350 g/mol. The molecule has 3 aromatic rings. The van der Waals surface area contributed by atoms with Crippen molar-refractivity contribution < 1.29 is 72.5 Å². The zero-order valence-corrected chi connectivity index (χ0v) is 56.7. The molecule has 0 radical (unpaired) electrons. The van der Waals surface area contributed by atoms with E-state index in [1.165, 1.54) is 48.5 Å². The first-order valence-electron chi connectivity index (χ1n) is 32.5. The number of aliphatic carboxylic acids is 1. The Balaban J connectivity index is 1.83. The van der Waals surface area contributed by atoms with Gasteiger partial charge in [0.05, 0.1) is 12.1 Å². The number of aromatic amines is 1. The zero-order chi connectivity index (χ0) is 72.1. The summed E-state index contributed by atoms with van der Waals surface area (Å²) >= 11 is 0. The number of carbonyl (C=O) groups excluding carboxylic acids is 12. The Labute approximate surface area is 559 Å². The number of amides is 12. The van der Waals surface area contributed by atoms with Gasteiger partial charge < -0.3 is 96.2 Å². The summed E-state index contributed by atoms with van der Waals surface area (Å²) in [6.45, 7) is 16.6. The summed E-state index contributed by atoms with van der Waals surface area (Å²) in [5.74, 6) is -11.9. The van der Waals surface area contributed by atoms with E-state index in [-0.39, 0.29) is 44.6 Å². The summed E-state index contributed by atoms with van der Waals surface area (Å²) in [4.78, 5) is 179. The number of hydrogen-bond donors (Lipinski definition) is 18. The Hall–Kier alpha value is -9.07. The Morgan fingerprint density at radius 1 is 0.417 bits per heavy atom. The third-order valence-corrected chi connectivity index (χ3v) is 15.6. The molecule has 21 N–H and O–H groups in total. The van der Waals surface area contributed by atoms with Crippen molar-refractivity contribution in [2.75, 3.05) is 13.1 Å². The first kappa shape index (κ1) is 81.2. The van der Waals surface area contributed by atoms with Gasteiger partial charge in [-0.05, 0) is 136 Å². The van der Waals surface area contributed by atoms with Crippen LogP contribution < -0.4 is 81.0 Å². The lowest BCUT2D eigenvalue weighted by Crippen LogP contribution is -2.62. The van der Waals surface area contributed by atoms with Crippen LogP contribution in [0.2, 0.25) is 0 Å². The molecule has 0 fully saturated rings. The number of benzene rings is 2. The van der Waals surface area contributed by atoms with Gasteiger partial charge in [0.2, 0.25) is 70.9 Å². The molecule has 0 saturated heterocycles. The van der Waals surface area contributed by atoms with E-state index >= 15 is 0 Å². The Kier molecular flexibility index (Phi) is 34.1. The smallest absolute Gasteiger partial charge is 0.325 e. The van der Waals surface area contributed by atoms with Crippen molar-refractivity contribution in [2.45, 2.75) is 219 Å². The van der Waals surface area contributed by atoms with Crippen LogP contribution >= 0.6 is 0 Å². The van der Waals surface area contributed by atoms with Crippen molar-refractivity contribution in [3.63, 3.8) is 0 Å². The van der Waals surface area contributed by atoms with Crippen molar-refractivity contribution in [1.82, 2.24) is 68.8 Å². The van der Waals surface area contributed by atoms with E-state index < -0.39 is 167 Å². The van der Waals surface area contributed by atoms with Crippen LogP contribution in [0.5, 0.6) is 0 Å². The molecule has 0 saturated carbocycles. The molecule has 0 aliphatic rings. The topological polar surface area (TPSA) is 501 Å². The van der Waals surface area contributed by atoms with Crippen molar-refractivity contribution in [3.8, 4) is 0 Å². The molecule has 31 nitrogen and oxygen atoms in total. The van der Waals surface area contributed by atoms with Gasteiger partial charge in [-0.3, -0.25) is 62.3 Å². The van der Waals surface area contributed by atoms with Crippen molar-refractivity contribution in [3.05, 3.63) is 71.9 Å². The van der Waals surface area contributed by atoms with E-state index in [4.69, 9.17) is 22.3 Å². The predicted octanol–water partition coefficient (Wildman–Crippen LogP) is -2.36. The molecule has 14 atom stereocenters. The average Bonchev–Trinajstić information content (AvgIpc) is 1.63. The van der Waals surface area contributed by atoms with Gasteiger partial charge >= 0.3 is 5.97 Å². The minimum Gasteiger partial charge on any atom is -0.480 e. The number of aliphatic hydroxyl groups is 1. The van der Waals surface area contributed by atoms with Crippen LogP contribution in [-0.2, 0) is 75.2 Å². The van der Waals surface area contributed by atoms with Gasteiger partial charge in [-0.1, -0.05) is 76.2 Å². The van der Waals surface area contributed by atoms with E-state index in [9.17, 15) is 67.4 Å². The van der Waals surface area contributed by atoms with Gasteiger partial charge in [-0.15, -0.1) is 0 Å². The number of H-pyrrole nitrogens is 1. The van der Waals surface area contributed by atoms with Crippen LogP contribution in [0, 0.1) is 11.8 Å². The number of nitrogens with two attached hydrogens (primary N) is 3. The van der Waals surface area contributed by atoms with E-state index in [1.807, 2.05) is 0 Å². The van der Waals surface area contributed by atoms with E-state index in [0.717, 1.165) is 0 Å². The normalized spacial score (nSPS) is 15.7. The van der Waals surface area contributed by atoms with E-state index in [0.29, 0.717) is 54.3 Å². The Morgan fingerprint density at radius 3 is 1.29 bits per heavy atom. The van der Waals surface area contributed by atoms with Gasteiger partial charge in [0.15, 0.2) is 0 Å². The number of carbonyl (C=O) groups is 13. The fourth-order valence-electron chi connectivity index (χ4n) is 9.83. The van der Waals surface area contributed by atoms with Crippen LogP contribution in [0.15, 0.2) is 60.8 Å². The summed E-state index contributed by atoms with van der Waals surface area (Å²) in [5.41, 5.74) is 19.1. The lowest BCUT2D eigenvalue weighted by Gasteiger charge is -2.29. The number of aliphatic hydroxyl groups excluding tert-OH is 1. The highest BCUT2D eigenvalue weighted by molar-refractivity contribution is 6.00. The summed E-state index contributed by atoms with van der Waals surface area (Å²) in [6, 6.07) is -1.02. The molecule has 0 aliphatic heterocycles. The molecule has 2 aromatic carbocycles. The first-order chi connectivity index (χ1) is 45.2. The third kappa shape index (κ3) is 27.0. The highest BCUT2D eigenvalue weighted by atomic mass is 16.4. The molecular weight excluding hydrogens is 1240 g/mol. The second-order valence-corrected chi connectivity index (χ2v) is 25.0. The average molecular weight is 1350 g/mol. The minimum atomic E-state index is -1.76. The van der Waals surface area contributed by atoms with Crippen molar-refractivity contribution in [1.29, 1.82) is 0 Å². The molecule has 12 amide bonds. The number of rotatable bonds is 41. The molecule has 31 heteroatoms.